The Morgan fingerprint density at radius 3 is 3.00 bits per heavy atom. The van der Waals surface area contributed by atoms with E-state index in [9.17, 15) is 4.79 Å². The van der Waals surface area contributed by atoms with Crippen LogP contribution in [0.15, 0.2) is 36.7 Å². The second-order valence-corrected chi connectivity index (χ2v) is 5.85. The molecule has 1 aromatic heterocycles. The van der Waals surface area contributed by atoms with Crippen LogP contribution in [0.3, 0.4) is 0 Å². The van der Waals surface area contributed by atoms with Gasteiger partial charge in [-0.3, -0.25) is 9.48 Å². The number of aryl methyl sites for hydroxylation is 2. The molecule has 0 saturated heterocycles. The SMILES string of the molecule is CNC(C(=O)NCC1CCc2ccccc21)c1cnn(C)c1. The Morgan fingerprint density at radius 2 is 2.27 bits per heavy atom. The summed E-state index contributed by atoms with van der Waals surface area (Å²) in [6.07, 6.45) is 5.81. The minimum absolute atomic E-state index is 0.000110. The standard InChI is InChI=1S/C17H22N4O/c1-18-16(14-10-20-21(2)11-14)17(22)19-9-13-8-7-12-5-3-4-6-15(12)13/h3-6,10-11,13,16,18H,7-9H2,1-2H3,(H,19,22). The highest BCUT2D eigenvalue weighted by atomic mass is 16.2. The molecule has 5 heteroatoms. The molecule has 22 heavy (non-hydrogen) atoms. The third kappa shape index (κ3) is 2.90. The molecule has 0 radical (unpaired) electrons. The number of aromatic nitrogens is 2. The monoisotopic (exact) mass is 298 g/mol. The number of benzene rings is 1. The van der Waals surface area contributed by atoms with Gasteiger partial charge in [-0.2, -0.15) is 5.10 Å². The highest BCUT2D eigenvalue weighted by molar-refractivity contribution is 5.83. The van der Waals surface area contributed by atoms with Crippen LogP contribution in [-0.4, -0.2) is 29.3 Å². The maximum atomic E-state index is 12.4. The molecule has 116 valence electrons. The van der Waals surface area contributed by atoms with Gasteiger partial charge in [-0.05, 0) is 31.0 Å². The zero-order valence-electron chi connectivity index (χ0n) is 13.0. The van der Waals surface area contributed by atoms with Gasteiger partial charge in [0.2, 0.25) is 5.91 Å². The van der Waals surface area contributed by atoms with E-state index in [0.717, 1.165) is 18.4 Å². The van der Waals surface area contributed by atoms with Gasteiger partial charge in [-0.15, -0.1) is 0 Å². The van der Waals surface area contributed by atoms with E-state index in [2.05, 4.69) is 40.0 Å². The topological polar surface area (TPSA) is 59.0 Å². The first-order valence-corrected chi connectivity index (χ1v) is 7.70. The van der Waals surface area contributed by atoms with Crippen LogP contribution in [-0.2, 0) is 18.3 Å². The molecule has 1 aliphatic carbocycles. The number of carbonyl (C=O) groups excluding carboxylic acids is 1. The van der Waals surface area contributed by atoms with Gasteiger partial charge in [-0.25, -0.2) is 0 Å². The molecule has 2 atom stereocenters. The summed E-state index contributed by atoms with van der Waals surface area (Å²) in [6, 6.07) is 8.16. The molecule has 1 aliphatic rings. The normalized spacial score (nSPS) is 18.0. The first kappa shape index (κ1) is 14.8. The van der Waals surface area contributed by atoms with Crippen LogP contribution >= 0.6 is 0 Å². The summed E-state index contributed by atoms with van der Waals surface area (Å²) in [5, 5.41) is 10.3. The van der Waals surface area contributed by atoms with Gasteiger partial charge in [-0.1, -0.05) is 24.3 Å². The summed E-state index contributed by atoms with van der Waals surface area (Å²) in [4.78, 5) is 12.4. The molecular formula is C17H22N4O. The van der Waals surface area contributed by atoms with Crippen molar-refractivity contribution < 1.29 is 4.79 Å². The first-order valence-electron chi connectivity index (χ1n) is 7.70. The van der Waals surface area contributed by atoms with Crippen LogP contribution in [0.25, 0.3) is 0 Å². The van der Waals surface area contributed by atoms with Gasteiger partial charge in [0.1, 0.15) is 6.04 Å². The number of rotatable bonds is 5. The molecule has 0 spiro atoms. The first-order chi connectivity index (χ1) is 10.7. The second kappa shape index (κ2) is 6.32. The summed E-state index contributed by atoms with van der Waals surface area (Å²) in [5.74, 6) is 0.423. The summed E-state index contributed by atoms with van der Waals surface area (Å²) in [5.41, 5.74) is 3.68. The van der Waals surface area contributed by atoms with Crippen molar-refractivity contribution >= 4 is 5.91 Å². The fourth-order valence-electron chi connectivity index (χ4n) is 3.22. The van der Waals surface area contributed by atoms with Crippen molar-refractivity contribution in [3.05, 3.63) is 53.3 Å². The van der Waals surface area contributed by atoms with Crippen LogP contribution in [0.5, 0.6) is 0 Å². The van der Waals surface area contributed by atoms with Crippen LogP contribution in [0.4, 0.5) is 0 Å². The Bertz CT molecular complexity index is 664. The molecule has 2 N–H and O–H groups in total. The molecule has 0 aliphatic heterocycles. The average Bonchev–Trinajstić information content (AvgIpc) is 3.12. The molecular weight excluding hydrogens is 276 g/mol. The second-order valence-electron chi connectivity index (χ2n) is 5.85. The predicted molar refractivity (Wildman–Crippen MR) is 85.5 cm³/mol. The van der Waals surface area contributed by atoms with Crippen molar-refractivity contribution in [2.75, 3.05) is 13.6 Å². The lowest BCUT2D eigenvalue weighted by molar-refractivity contribution is -0.123. The smallest absolute Gasteiger partial charge is 0.241 e. The quantitative estimate of drug-likeness (QED) is 0.880. The molecule has 0 saturated carbocycles. The number of fused-ring (bicyclic) bond motifs is 1. The maximum Gasteiger partial charge on any atom is 0.241 e. The van der Waals surface area contributed by atoms with E-state index in [4.69, 9.17) is 0 Å². The lowest BCUT2D eigenvalue weighted by Gasteiger charge is -2.17. The Labute approximate surface area is 130 Å². The number of nitrogens with one attached hydrogen (secondary N) is 2. The lowest BCUT2D eigenvalue weighted by Crippen LogP contribution is -2.37. The minimum atomic E-state index is -0.356. The van der Waals surface area contributed by atoms with E-state index in [-0.39, 0.29) is 11.9 Å². The van der Waals surface area contributed by atoms with Gasteiger partial charge in [0.05, 0.1) is 6.20 Å². The van der Waals surface area contributed by atoms with Gasteiger partial charge in [0.25, 0.3) is 0 Å². The fraction of sp³-hybridized carbons (Fsp3) is 0.412. The zero-order valence-corrected chi connectivity index (χ0v) is 13.0. The highest BCUT2D eigenvalue weighted by Gasteiger charge is 2.25. The predicted octanol–water partition coefficient (Wildman–Crippen LogP) is 1.53. The Morgan fingerprint density at radius 1 is 1.45 bits per heavy atom. The van der Waals surface area contributed by atoms with Crippen molar-refractivity contribution in [2.45, 2.75) is 24.8 Å². The molecule has 2 unspecified atom stereocenters. The summed E-state index contributed by atoms with van der Waals surface area (Å²) >= 11 is 0. The van der Waals surface area contributed by atoms with Crippen molar-refractivity contribution in [3.8, 4) is 0 Å². The van der Waals surface area contributed by atoms with Crippen molar-refractivity contribution in [1.82, 2.24) is 20.4 Å². The Balaban J connectivity index is 1.63. The van der Waals surface area contributed by atoms with Crippen LogP contribution < -0.4 is 10.6 Å². The molecule has 0 bridgehead atoms. The fourth-order valence-corrected chi connectivity index (χ4v) is 3.22. The Hall–Kier alpha value is -2.14. The molecule has 5 nitrogen and oxygen atoms in total. The van der Waals surface area contributed by atoms with Crippen molar-refractivity contribution in [3.63, 3.8) is 0 Å². The number of hydrogen-bond donors (Lipinski definition) is 2. The molecule has 3 rings (SSSR count). The van der Waals surface area contributed by atoms with Crippen molar-refractivity contribution in [1.29, 1.82) is 0 Å². The number of hydrogen-bond acceptors (Lipinski definition) is 3. The Kier molecular flexibility index (Phi) is 4.24. The maximum absolute atomic E-state index is 12.4. The van der Waals surface area contributed by atoms with E-state index in [1.165, 1.54) is 11.1 Å². The third-order valence-electron chi connectivity index (χ3n) is 4.39. The van der Waals surface area contributed by atoms with E-state index in [1.807, 2.05) is 13.2 Å². The number of amides is 1. The van der Waals surface area contributed by atoms with E-state index < -0.39 is 0 Å². The summed E-state index contributed by atoms with van der Waals surface area (Å²) in [6.45, 7) is 0.689. The number of likely N-dealkylation sites (N-methyl/N-ethyl adjacent to an activating group) is 1. The third-order valence-corrected chi connectivity index (χ3v) is 4.39. The van der Waals surface area contributed by atoms with Crippen LogP contribution in [0.1, 0.15) is 35.1 Å². The van der Waals surface area contributed by atoms with Crippen LogP contribution in [0, 0.1) is 0 Å². The molecule has 0 fully saturated rings. The van der Waals surface area contributed by atoms with Gasteiger partial charge in [0.15, 0.2) is 0 Å². The van der Waals surface area contributed by atoms with Gasteiger partial charge < -0.3 is 10.6 Å². The molecule has 1 amide bonds. The molecule has 2 aromatic rings. The number of nitrogens with zero attached hydrogens (tertiary/aromatic N) is 2. The number of carbonyl (C=O) groups is 1. The minimum Gasteiger partial charge on any atom is -0.354 e. The van der Waals surface area contributed by atoms with E-state index in [0.29, 0.717) is 12.5 Å². The van der Waals surface area contributed by atoms with Crippen LogP contribution in [0.2, 0.25) is 0 Å². The zero-order chi connectivity index (χ0) is 15.5. The van der Waals surface area contributed by atoms with E-state index >= 15 is 0 Å². The van der Waals surface area contributed by atoms with Crippen molar-refractivity contribution in [2.24, 2.45) is 7.05 Å². The highest BCUT2D eigenvalue weighted by Crippen LogP contribution is 2.32. The van der Waals surface area contributed by atoms with E-state index in [1.54, 1.807) is 17.9 Å². The average molecular weight is 298 g/mol. The van der Waals surface area contributed by atoms with Gasteiger partial charge >= 0.3 is 0 Å². The molecule has 1 aromatic carbocycles. The van der Waals surface area contributed by atoms with Gasteiger partial charge in [0, 0.05) is 31.3 Å². The largest absolute Gasteiger partial charge is 0.354 e. The lowest BCUT2D eigenvalue weighted by atomic mass is 10.0. The molecule has 1 heterocycles. The summed E-state index contributed by atoms with van der Waals surface area (Å²) < 4.78 is 1.71. The summed E-state index contributed by atoms with van der Waals surface area (Å²) in [7, 11) is 3.64.